The number of hydrogen-bond donors (Lipinski definition) is 2. The van der Waals surface area contributed by atoms with Gasteiger partial charge < -0.3 is 10.3 Å². The predicted octanol–water partition coefficient (Wildman–Crippen LogP) is 2.24. The lowest BCUT2D eigenvalue weighted by Gasteiger charge is -2.15. The summed E-state index contributed by atoms with van der Waals surface area (Å²) in [6, 6.07) is 0. The summed E-state index contributed by atoms with van der Waals surface area (Å²) < 4.78 is 0. The van der Waals surface area contributed by atoms with E-state index in [1.807, 2.05) is 0 Å². The molecule has 0 amide bonds. The smallest absolute Gasteiger partial charge is 0.0925 e. The van der Waals surface area contributed by atoms with Gasteiger partial charge in [0.05, 0.1) is 12.0 Å². The first-order valence-corrected chi connectivity index (χ1v) is 5.97. The first-order valence-electron chi connectivity index (χ1n) is 5.97. The highest BCUT2D eigenvalue weighted by molar-refractivity contribution is 5.07. The third-order valence-electron chi connectivity index (χ3n) is 3.67. The van der Waals surface area contributed by atoms with Gasteiger partial charge in [0.1, 0.15) is 0 Å². The Hall–Kier alpha value is -0.830. The van der Waals surface area contributed by atoms with Crippen molar-refractivity contribution >= 4 is 0 Å². The van der Waals surface area contributed by atoms with Gasteiger partial charge in [-0.3, -0.25) is 0 Å². The largest absolute Gasteiger partial charge is 0.348 e. The minimum Gasteiger partial charge on any atom is -0.348 e. The SMILES string of the molecule is Cc1[nH]cnc1CNCC1CCCC1C. The molecule has 1 aromatic rings. The molecule has 1 heterocycles. The zero-order chi connectivity index (χ0) is 10.7. The Morgan fingerprint density at radius 1 is 1.53 bits per heavy atom. The Morgan fingerprint density at radius 2 is 2.40 bits per heavy atom. The van der Waals surface area contributed by atoms with Crippen LogP contribution < -0.4 is 5.32 Å². The van der Waals surface area contributed by atoms with Crippen LogP contribution in [0.4, 0.5) is 0 Å². The highest BCUT2D eigenvalue weighted by Crippen LogP contribution is 2.30. The van der Waals surface area contributed by atoms with Gasteiger partial charge in [-0.2, -0.15) is 0 Å². The molecule has 0 bridgehead atoms. The molecule has 0 radical (unpaired) electrons. The third kappa shape index (κ3) is 2.59. The monoisotopic (exact) mass is 207 g/mol. The normalized spacial score (nSPS) is 26.0. The lowest BCUT2D eigenvalue weighted by atomic mass is 9.98. The van der Waals surface area contributed by atoms with E-state index in [0.717, 1.165) is 30.6 Å². The van der Waals surface area contributed by atoms with E-state index in [9.17, 15) is 0 Å². The van der Waals surface area contributed by atoms with Gasteiger partial charge in [0.15, 0.2) is 0 Å². The summed E-state index contributed by atoms with van der Waals surface area (Å²) >= 11 is 0. The summed E-state index contributed by atoms with van der Waals surface area (Å²) in [5.74, 6) is 1.78. The van der Waals surface area contributed by atoms with Crippen LogP contribution in [0, 0.1) is 18.8 Å². The van der Waals surface area contributed by atoms with Gasteiger partial charge in [-0.05, 0) is 31.7 Å². The quantitative estimate of drug-likeness (QED) is 0.795. The second-order valence-corrected chi connectivity index (χ2v) is 4.77. The lowest BCUT2D eigenvalue weighted by Crippen LogP contribution is -2.24. The summed E-state index contributed by atoms with van der Waals surface area (Å²) in [6.07, 6.45) is 5.99. The molecule has 1 aliphatic carbocycles. The number of H-pyrrole nitrogens is 1. The van der Waals surface area contributed by atoms with Crippen LogP contribution in [0.2, 0.25) is 0 Å². The molecule has 3 nitrogen and oxygen atoms in total. The van der Waals surface area contributed by atoms with Gasteiger partial charge in [0, 0.05) is 12.2 Å². The van der Waals surface area contributed by atoms with Crippen molar-refractivity contribution in [3.05, 3.63) is 17.7 Å². The molecule has 3 heteroatoms. The molecular formula is C12H21N3. The number of hydrogen-bond acceptors (Lipinski definition) is 2. The van der Waals surface area contributed by atoms with Crippen LogP contribution in [0.3, 0.4) is 0 Å². The van der Waals surface area contributed by atoms with E-state index >= 15 is 0 Å². The second-order valence-electron chi connectivity index (χ2n) is 4.77. The molecule has 0 aliphatic heterocycles. The number of aromatic amines is 1. The van der Waals surface area contributed by atoms with Gasteiger partial charge in [0.25, 0.3) is 0 Å². The predicted molar refractivity (Wildman–Crippen MR) is 61.5 cm³/mol. The molecule has 84 valence electrons. The third-order valence-corrected chi connectivity index (χ3v) is 3.67. The van der Waals surface area contributed by atoms with Gasteiger partial charge in [-0.25, -0.2) is 4.98 Å². The molecule has 1 saturated carbocycles. The fourth-order valence-corrected chi connectivity index (χ4v) is 2.47. The molecule has 15 heavy (non-hydrogen) atoms. The summed E-state index contributed by atoms with van der Waals surface area (Å²) in [6.45, 7) is 6.49. The van der Waals surface area contributed by atoms with Crippen molar-refractivity contribution in [1.29, 1.82) is 0 Å². The Morgan fingerprint density at radius 3 is 3.00 bits per heavy atom. The highest BCUT2D eigenvalue weighted by atomic mass is 14.9. The molecule has 2 atom stereocenters. The van der Waals surface area contributed by atoms with Gasteiger partial charge in [0.2, 0.25) is 0 Å². The molecule has 1 aromatic heterocycles. The molecular weight excluding hydrogens is 186 g/mol. The van der Waals surface area contributed by atoms with E-state index in [-0.39, 0.29) is 0 Å². The van der Waals surface area contributed by atoms with E-state index in [4.69, 9.17) is 0 Å². The average Bonchev–Trinajstić information content (AvgIpc) is 2.78. The van der Waals surface area contributed by atoms with Crippen molar-refractivity contribution in [2.75, 3.05) is 6.54 Å². The molecule has 0 spiro atoms. The summed E-state index contributed by atoms with van der Waals surface area (Å²) in [4.78, 5) is 7.39. The molecule has 1 aliphatic rings. The maximum Gasteiger partial charge on any atom is 0.0925 e. The van der Waals surface area contributed by atoms with Crippen molar-refractivity contribution in [1.82, 2.24) is 15.3 Å². The summed E-state index contributed by atoms with van der Waals surface area (Å²) in [5.41, 5.74) is 2.34. The van der Waals surface area contributed by atoms with Gasteiger partial charge >= 0.3 is 0 Å². The molecule has 1 fully saturated rings. The second kappa shape index (κ2) is 4.79. The number of aryl methyl sites for hydroxylation is 1. The van der Waals surface area contributed by atoms with E-state index in [1.165, 1.54) is 25.0 Å². The maximum absolute atomic E-state index is 4.28. The van der Waals surface area contributed by atoms with Crippen molar-refractivity contribution < 1.29 is 0 Å². The van der Waals surface area contributed by atoms with Crippen molar-refractivity contribution in [2.24, 2.45) is 11.8 Å². The van der Waals surface area contributed by atoms with Crippen LogP contribution in [0.1, 0.15) is 37.6 Å². The molecule has 2 rings (SSSR count). The first-order chi connectivity index (χ1) is 7.27. The zero-order valence-corrected chi connectivity index (χ0v) is 9.71. The number of aromatic nitrogens is 2. The highest BCUT2D eigenvalue weighted by Gasteiger charge is 2.22. The first kappa shape index (κ1) is 10.7. The van der Waals surface area contributed by atoms with Gasteiger partial charge in [-0.1, -0.05) is 19.8 Å². The number of nitrogens with one attached hydrogen (secondary N) is 2. The van der Waals surface area contributed by atoms with E-state index in [1.54, 1.807) is 6.33 Å². The van der Waals surface area contributed by atoms with Gasteiger partial charge in [-0.15, -0.1) is 0 Å². The van der Waals surface area contributed by atoms with Crippen molar-refractivity contribution in [3.8, 4) is 0 Å². The maximum atomic E-state index is 4.28. The fraction of sp³-hybridized carbons (Fsp3) is 0.750. The Kier molecular flexibility index (Phi) is 3.41. The van der Waals surface area contributed by atoms with Crippen LogP contribution >= 0.6 is 0 Å². The number of rotatable bonds is 4. The molecule has 0 saturated heterocycles. The van der Waals surface area contributed by atoms with Crippen LogP contribution in [-0.4, -0.2) is 16.5 Å². The standard InChI is InChI=1S/C12H21N3/c1-9-4-3-5-11(9)6-13-7-12-10(2)14-8-15-12/h8-9,11,13H,3-7H2,1-2H3,(H,14,15). The zero-order valence-electron chi connectivity index (χ0n) is 9.71. The minimum absolute atomic E-state index is 0.879. The van der Waals surface area contributed by atoms with Crippen LogP contribution in [0.5, 0.6) is 0 Å². The Labute approximate surface area is 91.7 Å². The van der Waals surface area contributed by atoms with Crippen LogP contribution in [0.15, 0.2) is 6.33 Å². The summed E-state index contributed by atoms with van der Waals surface area (Å²) in [7, 11) is 0. The van der Waals surface area contributed by atoms with E-state index < -0.39 is 0 Å². The van der Waals surface area contributed by atoms with Crippen LogP contribution in [0.25, 0.3) is 0 Å². The average molecular weight is 207 g/mol. The molecule has 2 unspecified atom stereocenters. The molecule has 2 N–H and O–H groups in total. The van der Waals surface area contributed by atoms with Crippen LogP contribution in [-0.2, 0) is 6.54 Å². The summed E-state index contributed by atoms with van der Waals surface area (Å²) in [5, 5.41) is 3.52. The van der Waals surface area contributed by atoms with Crippen molar-refractivity contribution in [3.63, 3.8) is 0 Å². The minimum atomic E-state index is 0.879. The molecule has 0 aromatic carbocycles. The van der Waals surface area contributed by atoms with E-state index in [2.05, 4.69) is 29.1 Å². The van der Waals surface area contributed by atoms with E-state index in [0.29, 0.717) is 0 Å². The number of imidazole rings is 1. The lowest BCUT2D eigenvalue weighted by molar-refractivity contribution is 0.391. The Balaban J connectivity index is 1.73. The topological polar surface area (TPSA) is 40.7 Å². The Bertz CT molecular complexity index is 306. The number of nitrogens with zero attached hydrogens (tertiary/aromatic N) is 1. The van der Waals surface area contributed by atoms with Crippen molar-refractivity contribution in [2.45, 2.75) is 39.7 Å². The fourth-order valence-electron chi connectivity index (χ4n) is 2.47.